The van der Waals surface area contributed by atoms with E-state index >= 15 is 0 Å². The van der Waals surface area contributed by atoms with Crippen LogP contribution in [0.3, 0.4) is 0 Å². The summed E-state index contributed by atoms with van der Waals surface area (Å²) in [7, 11) is 0. The summed E-state index contributed by atoms with van der Waals surface area (Å²) < 4.78 is 5.31. The first-order valence-corrected chi connectivity index (χ1v) is 8.06. The molecule has 26 heavy (non-hydrogen) atoms. The van der Waals surface area contributed by atoms with Gasteiger partial charge in [0.1, 0.15) is 5.69 Å². The lowest BCUT2D eigenvalue weighted by molar-refractivity contribution is 0.0950. The summed E-state index contributed by atoms with van der Waals surface area (Å²) in [6, 6.07) is 5.48. The number of nitrogens with one attached hydrogen (secondary N) is 2. The highest BCUT2D eigenvalue weighted by Crippen LogP contribution is 2.17. The van der Waals surface area contributed by atoms with Crippen LogP contribution in [0.1, 0.15) is 28.7 Å². The van der Waals surface area contributed by atoms with Gasteiger partial charge in [0.2, 0.25) is 5.88 Å². The maximum Gasteiger partial charge on any atom is 0.291 e. The van der Waals surface area contributed by atoms with Gasteiger partial charge in [-0.05, 0) is 31.5 Å². The quantitative estimate of drug-likeness (QED) is 0.524. The van der Waals surface area contributed by atoms with Gasteiger partial charge in [-0.15, -0.1) is 0 Å². The number of hydrogen-bond donors (Lipinski definition) is 2. The van der Waals surface area contributed by atoms with Gasteiger partial charge < -0.3 is 9.72 Å². The first-order valence-electron chi connectivity index (χ1n) is 8.06. The van der Waals surface area contributed by atoms with Crippen molar-refractivity contribution in [3.8, 4) is 17.1 Å². The summed E-state index contributed by atoms with van der Waals surface area (Å²) in [5.74, 6) is 0.0887. The average molecular weight is 350 g/mol. The SMILES string of the molecule is CCOc1ccc(-c2cncc(C(=O)N/N=C/c3[nH]ccc3C)n2)cn1. The third-order valence-electron chi connectivity index (χ3n) is 3.55. The second-order valence-corrected chi connectivity index (χ2v) is 5.38. The van der Waals surface area contributed by atoms with E-state index in [4.69, 9.17) is 4.74 Å². The second-order valence-electron chi connectivity index (χ2n) is 5.38. The number of hydrazone groups is 1. The van der Waals surface area contributed by atoms with E-state index in [9.17, 15) is 4.79 Å². The van der Waals surface area contributed by atoms with Gasteiger partial charge in [0.15, 0.2) is 0 Å². The van der Waals surface area contributed by atoms with Crippen LogP contribution in [0.25, 0.3) is 11.3 Å². The Hall–Kier alpha value is -3.55. The lowest BCUT2D eigenvalue weighted by Gasteiger charge is -2.05. The number of rotatable bonds is 6. The zero-order valence-electron chi connectivity index (χ0n) is 14.4. The molecule has 3 rings (SSSR count). The lowest BCUT2D eigenvalue weighted by atomic mass is 10.2. The summed E-state index contributed by atoms with van der Waals surface area (Å²) in [5.41, 5.74) is 5.74. The van der Waals surface area contributed by atoms with Crippen molar-refractivity contribution in [3.05, 3.63) is 59.9 Å². The molecule has 0 unspecified atom stereocenters. The van der Waals surface area contributed by atoms with E-state index in [1.807, 2.05) is 26.0 Å². The minimum Gasteiger partial charge on any atom is -0.478 e. The molecule has 0 aliphatic carbocycles. The molecule has 132 valence electrons. The van der Waals surface area contributed by atoms with Crippen LogP contribution < -0.4 is 10.2 Å². The largest absolute Gasteiger partial charge is 0.478 e. The van der Waals surface area contributed by atoms with Crippen molar-refractivity contribution in [1.82, 2.24) is 25.4 Å². The first-order chi connectivity index (χ1) is 12.7. The molecular weight excluding hydrogens is 332 g/mol. The van der Waals surface area contributed by atoms with E-state index in [2.05, 4.69) is 30.5 Å². The third kappa shape index (κ3) is 4.10. The van der Waals surface area contributed by atoms with Crippen LogP contribution in [0, 0.1) is 6.92 Å². The van der Waals surface area contributed by atoms with Crippen LogP contribution >= 0.6 is 0 Å². The van der Waals surface area contributed by atoms with Crippen molar-refractivity contribution in [3.63, 3.8) is 0 Å². The van der Waals surface area contributed by atoms with Gasteiger partial charge in [0.05, 0.1) is 36.6 Å². The topological polar surface area (TPSA) is 105 Å². The van der Waals surface area contributed by atoms with Crippen molar-refractivity contribution in [2.75, 3.05) is 6.61 Å². The molecule has 0 fully saturated rings. The second kappa shape index (κ2) is 8.02. The third-order valence-corrected chi connectivity index (χ3v) is 3.55. The minimum absolute atomic E-state index is 0.164. The van der Waals surface area contributed by atoms with E-state index < -0.39 is 5.91 Å². The number of aryl methyl sites for hydroxylation is 1. The molecule has 2 N–H and O–H groups in total. The molecule has 3 heterocycles. The molecule has 1 amide bonds. The van der Waals surface area contributed by atoms with Gasteiger partial charge in [0, 0.05) is 24.0 Å². The Morgan fingerprint density at radius 3 is 2.88 bits per heavy atom. The van der Waals surface area contributed by atoms with E-state index in [1.54, 1.807) is 30.9 Å². The Kier molecular flexibility index (Phi) is 5.33. The Morgan fingerprint density at radius 1 is 1.31 bits per heavy atom. The van der Waals surface area contributed by atoms with Crippen LogP contribution in [0.4, 0.5) is 0 Å². The Balaban J connectivity index is 1.71. The highest BCUT2D eigenvalue weighted by molar-refractivity contribution is 5.93. The van der Waals surface area contributed by atoms with Crippen molar-refractivity contribution in [2.24, 2.45) is 5.10 Å². The van der Waals surface area contributed by atoms with Crippen LogP contribution in [0.15, 0.2) is 48.1 Å². The van der Waals surface area contributed by atoms with Crippen LogP contribution in [0.5, 0.6) is 5.88 Å². The fourth-order valence-corrected chi connectivity index (χ4v) is 2.19. The van der Waals surface area contributed by atoms with Gasteiger partial charge in [-0.2, -0.15) is 5.10 Å². The molecule has 8 heteroatoms. The Bertz CT molecular complexity index is 917. The number of hydrogen-bond acceptors (Lipinski definition) is 6. The number of carbonyl (C=O) groups is 1. The van der Waals surface area contributed by atoms with Crippen LogP contribution in [0.2, 0.25) is 0 Å². The highest BCUT2D eigenvalue weighted by atomic mass is 16.5. The zero-order valence-corrected chi connectivity index (χ0v) is 14.4. The molecule has 0 atom stereocenters. The van der Waals surface area contributed by atoms with E-state index in [0.29, 0.717) is 18.2 Å². The maximum atomic E-state index is 12.2. The molecule has 3 aromatic rings. The molecule has 0 saturated carbocycles. The van der Waals surface area contributed by atoms with E-state index in [1.165, 1.54) is 6.20 Å². The number of carbonyl (C=O) groups excluding carboxylic acids is 1. The summed E-state index contributed by atoms with van der Waals surface area (Å²) in [4.78, 5) is 27.8. The Labute approximate surface area is 150 Å². The van der Waals surface area contributed by atoms with E-state index in [0.717, 1.165) is 16.8 Å². The molecule has 0 bridgehead atoms. The Morgan fingerprint density at radius 2 is 2.19 bits per heavy atom. The monoisotopic (exact) mass is 350 g/mol. The summed E-state index contributed by atoms with van der Waals surface area (Å²) in [6.45, 7) is 4.38. The van der Waals surface area contributed by atoms with Crippen molar-refractivity contribution >= 4 is 12.1 Å². The average Bonchev–Trinajstić information content (AvgIpc) is 3.07. The number of amides is 1. The molecule has 0 radical (unpaired) electrons. The normalized spacial score (nSPS) is 10.8. The van der Waals surface area contributed by atoms with Gasteiger partial charge in [0.25, 0.3) is 5.91 Å². The standard InChI is InChI=1S/C18H18N6O2/c1-3-26-17-5-4-13(8-21-17)15-9-19-10-16(23-15)18(25)24-22-11-14-12(2)6-7-20-14/h4-11,20H,3H2,1-2H3,(H,24,25)/b22-11+. The van der Waals surface area contributed by atoms with Crippen molar-refractivity contribution in [1.29, 1.82) is 0 Å². The maximum absolute atomic E-state index is 12.2. The van der Waals surface area contributed by atoms with Crippen LogP contribution in [-0.4, -0.2) is 38.7 Å². The molecule has 0 aromatic carbocycles. The number of pyridine rings is 1. The van der Waals surface area contributed by atoms with Gasteiger partial charge in [-0.3, -0.25) is 9.78 Å². The molecule has 0 spiro atoms. The molecule has 0 aliphatic rings. The molecular formula is C18H18N6O2. The molecule has 0 aliphatic heterocycles. The van der Waals surface area contributed by atoms with Crippen molar-refractivity contribution < 1.29 is 9.53 Å². The number of H-pyrrole nitrogens is 1. The predicted molar refractivity (Wildman–Crippen MR) is 97.0 cm³/mol. The van der Waals surface area contributed by atoms with Crippen LogP contribution in [-0.2, 0) is 0 Å². The van der Waals surface area contributed by atoms with E-state index in [-0.39, 0.29) is 5.69 Å². The number of ether oxygens (including phenoxy) is 1. The number of nitrogens with zero attached hydrogens (tertiary/aromatic N) is 4. The van der Waals surface area contributed by atoms with Crippen molar-refractivity contribution in [2.45, 2.75) is 13.8 Å². The zero-order chi connectivity index (χ0) is 18.4. The molecule has 8 nitrogen and oxygen atoms in total. The summed E-state index contributed by atoms with van der Waals surface area (Å²) in [6.07, 6.45) is 7.93. The van der Waals surface area contributed by atoms with Gasteiger partial charge >= 0.3 is 0 Å². The first kappa shape index (κ1) is 17.3. The fourth-order valence-electron chi connectivity index (χ4n) is 2.19. The number of aromatic nitrogens is 4. The molecule has 3 aromatic heterocycles. The fraction of sp³-hybridized carbons (Fsp3) is 0.167. The number of aromatic amines is 1. The van der Waals surface area contributed by atoms with Gasteiger partial charge in [-0.25, -0.2) is 15.4 Å². The highest BCUT2D eigenvalue weighted by Gasteiger charge is 2.10. The smallest absolute Gasteiger partial charge is 0.291 e. The molecule has 0 saturated heterocycles. The predicted octanol–water partition coefficient (Wildman–Crippen LogP) is 2.34. The summed E-state index contributed by atoms with van der Waals surface area (Å²) >= 11 is 0. The lowest BCUT2D eigenvalue weighted by Crippen LogP contribution is -2.19. The minimum atomic E-state index is -0.446. The summed E-state index contributed by atoms with van der Waals surface area (Å²) in [5, 5.41) is 3.93. The van der Waals surface area contributed by atoms with Gasteiger partial charge in [-0.1, -0.05) is 0 Å².